The third-order valence-electron chi connectivity index (χ3n) is 4.98. The van der Waals surface area contributed by atoms with Gasteiger partial charge in [0.15, 0.2) is 0 Å². The van der Waals surface area contributed by atoms with Crippen LogP contribution in [-0.2, 0) is 14.0 Å². The van der Waals surface area contributed by atoms with Crippen LogP contribution in [-0.4, -0.2) is 47.6 Å². The number of rotatable bonds is 5. The van der Waals surface area contributed by atoms with Crippen molar-refractivity contribution in [1.29, 1.82) is 0 Å². The molecule has 2 rings (SSSR count). The first-order valence-electron chi connectivity index (χ1n) is 9.67. The second-order valence-electron chi connectivity index (χ2n) is 9.20. The summed E-state index contributed by atoms with van der Waals surface area (Å²) < 4.78 is 17.5. The summed E-state index contributed by atoms with van der Waals surface area (Å²) in [6.45, 7) is 13.2. The van der Waals surface area contributed by atoms with E-state index in [2.05, 4.69) is 5.32 Å². The third kappa shape index (κ3) is 6.00. The van der Waals surface area contributed by atoms with Gasteiger partial charge in [0.1, 0.15) is 5.60 Å². The number of aromatic carboxylic acids is 1. The van der Waals surface area contributed by atoms with E-state index in [1.807, 2.05) is 27.7 Å². The highest BCUT2D eigenvalue weighted by Crippen LogP contribution is 2.39. The van der Waals surface area contributed by atoms with Gasteiger partial charge in [0.05, 0.1) is 16.8 Å². The number of carboxylic acids is 1. The quantitative estimate of drug-likeness (QED) is 0.655. The molecular weight excluding hydrogens is 408 g/mol. The van der Waals surface area contributed by atoms with Crippen molar-refractivity contribution in [2.75, 3.05) is 6.54 Å². The van der Waals surface area contributed by atoms with Crippen molar-refractivity contribution in [3.8, 4) is 0 Å². The van der Waals surface area contributed by atoms with Gasteiger partial charge in [0.2, 0.25) is 0 Å². The molecule has 7 nitrogen and oxygen atoms in total. The molecule has 0 radical (unpaired) electrons. The molecule has 9 heteroatoms. The van der Waals surface area contributed by atoms with Gasteiger partial charge in [-0.1, -0.05) is 23.7 Å². The molecule has 1 fully saturated rings. The lowest BCUT2D eigenvalue weighted by atomic mass is 9.77. The van der Waals surface area contributed by atoms with Crippen LogP contribution in [0.5, 0.6) is 0 Å². The maximum Gasteiger partial charge on any atom is 0.492 e. The number of hydrogen-bond acceptors (Lipinski definition) is 5. The van der Waals surface area contributed by atoms with Crippen LogP contribution in [0.1, 0.15) is 64.4 Å². The maximum atomic E-state index is 12.1. The summed E-state index contributed by atoms with van der Waals surface area (Å²) in [4.78, 5) is 23.3. The summed E-state index contributed by atoms with van der Waals surface area (Å²) in [6.07, 6.45) is 1.16. The maximum absolute atomic E-state index is 12.1. The van der Waals surface area contributed by atoms with Crippen LogP contribution in [0.25, 0.3) is 6.08 Å². The molecule has 0 atom stereocenters. The summed E-state index contributed by atoms with van der Waals surface area (Å²) in [5.74, 6) is -1.06. The first kappa shape index (κ1) is 24.2. The average molecular weight is 438 g/mol. The molecular formula is C21H29BClNO6. The molecule has 1 amide bonds. The lowest BCUT2D eigenvalue weighted by molar-refractivity contribution is 0.00578. The number of carbonyl (C=O) groups excluding carboxylic acids is 1. The number of nitrogens with one attached hydrogen (secondary N) is 1. The van der Waals surface area contributed by atoms with Crippen molar-refractivity contribution in [3.05, 3.63) is 39.8 Å². The molecule has 0 unspecified atom stereocenters. The molecule has 1 heterocycles. The van der Waals surface area contributed by atoms with Crippen LogP contribution >= 0.6 is 11.6 Å². The summed E-state index contributed by atoms with van der Waals surface area (Å²) in [5, 5.41) is 12.1. The minimum Gasteiger partial charge on any atom is -0.478 e. The van der Waals surface area contributed by atoms with Crippen LogP contribution in [0.3, 0.4) is 0 Å². The van der Waals surface area contributed by atoms with Crippen LogP contribution in [0, 0.1) is 0 Å². The molecule has 164 valence electrons. The lowest BCUT2D eigenvalue weighted by Gasteiger charge is -2.32. The van der Waals surface area contributed by atoms with Crippen LogP contribution < -0.4 is 5.32 Å². The second-order valence-corrected chi connectivity index (χ2v) is 9.61. The second kappa shape index (κ2) is 8.61. The lowest BCUT2D eigenvalue weighted by Crippen LogP contribution is -2.41. The zero-order valence-corrected chi connectivity index (χ0v) is 19.2. The summed E-state index contributed by atoms with van der Waals surface area (Å²) in [7, 11) is -0.722. The molecule has 30 heavy (non-hydrogen) atoms. The minimum absolute atomic E-state index is 0.0845. The Kier molecular flexibility index (Phi) is 6.96. The van der Waals surface area contributed by atoms with Crippen molar-refractivity contribution in [2.45, 2.75) is 65.3 Å². The molecule has 1 aliphatic heterocycles. The predicted molar refractivity (Wildman–Crippen MR) is 117 cm³/mol. The van der Waals surface area contributed by atoms with Gasteiger partial charge >= 0.3 is 19.2 Å². The van der Waals surface area contributed by atoms with Gasteiger partial charge in [-0.25, -0.2) is 9.59 Å². The van der Waals surface area contributed by atoms with Crippen molar-refractivity contribution < 1.29 is 28.7 Å². The Morgan fingerprint density at radius 2 is 1.77 bits per heavy atom. The Bertz CT molecular complexity index is 844. The van der Waals surface area contributed by atoms with Crippen LogP contribution in [0.2, 0.25) is 5.02 Å². The number of carboxylic acid groups (broad SMARTS) is 1. The number of amides is 1. The predicted octanol–water partition coefficient (Wildman–Crippen LogP) is 4.58. The van der Waals surface area contributed by atoms with Crippen molar-refractivity contribution in [2.24, 2.45) is 0 Å². The van der Waals surface area contributed by atoms with E-state index < -0.39 is 36.0 Å². The largest absolute Gasteiger partial charge is 0.492 e. The Labute approximate surface area is 182 Å². The van der Waals surface area contributed by atoms with E-state index in [4.69, 9.17) is 30.8 Å². The number of halogens is 1. The monoisotopic (exact) mass is 437 g/mol. The summed E-state index contributed by atoms with van der Waals surface area (Å²) in [5.41, 5.74) is -0.490. The van der Waals surface area contributed by atoms with Crippen LogP contribution in [0.4, 0.5) is 4.79 Å². The average Bonchev–Trinajstić information content (AvgIpc) is 2.78. The van der Waals surface area contributed by atoms with Gasteiger partial charge in [0.25, 0.3) is 0 Å². The van der Waals surface area contributed by atoms with Gasteiger partial charge in [-0.3, -0.25) is 0 Å². The normalized spacial score (nSPS) is 18.3. The fourth-order valence-electron chi connectivity index (χ4n) is 2.66. The fraction of sp³-hybridized carbons (Fsp3) is 0.524. The summed E-state index contributed by atoms with van der Waals surface area (Å²) >= 11 is 6.28. The van der Waals surface area contributed by atoms with Crippen molar-refractivity contribution in [1.82, 2.24) is 5.32 Å². The first-order valence-corrected chi connectivity index (χ1v) is 10.0. The topological polar surface area (TPSA) is 94.1 Å². The molecule has 1 aromatic rings. The van der Waals surface area contributed by atoms with E-state index in [9.17, 15) is 9.59 Å². The Morgan fingerprint density at radius 1 is 1.20 bits per heavy atom. The van der Waals surface area contributed by atoms with Crippen molar-refractivity contribution in [3.63, 3.8) is 0 Å². The van der Waals surface area contributed by atoms with E-state index in [0.717, 1.165) is 0 Å². The molecule has 0 saturated carbocycles. The van der Waals surface area contributed by atoms with E-state index >= 15 is 0 Å². The zero-order chi connectivity index (χ0) is 22.9. The molecule has 0 bridgehead atoms. The Balaban J connectivity index is 2.33. The van der Waals surface area contributed by atoms with Gasteiger partial charge < -0.3 is 24.5 Å². The van der Waals surface area contributed by atoms with Gasteiger partial charge in [-0.05, 0) is 71.6 Å². The highest BCUT2D eigenvalue weighted by Gasteiger charge is 2.52. The zero-order valence-electron chi connectivity index (χ0n) is 18.5. The number of hydrogen-bond donors (Lipinski definition) is 2. The Morgan fingerprint density at radius 3 is 2.23 bits per heavy atom. The fourth-order valence-corrected chi connectivity index (χ4v) is 2.90. The molecule has 2 N–H and O–H groups in total. The van der Waals surface area contributed by atoms with Gasteiger partial charge in [-0.15, -0.1) is 0 Å². The summed E-state index contributed by atoms with van der Waals surface area (Å²) in [6, 6.07) is 4.44. The smallest absolute Gasteiger partial charge is 0.478 e. The first-order chi connectivity index (χ1) is 13.6. The standard InChI is InChI=1S/C21H29BClNO6/c1-19(2,3)28-18(27)24-12-15(22-29-20(4,5)21(6,7)30-22)10-13-8-9-14(17(25)26)11-16(13)23/h8-11H,12H2,1-7H3,(H,24,27)(H,25,26). The van der Waals surface area contributed by atoms with Crippen LogP contribution in [0.15, 0.2) is 23.7 Å². The highest BCUT2D eigenvalue weighted by molar-refractivity contribution is 6.56. The van der Waals surface area contributed by atoms with E-state index in [0.29, 0.717) is 11.0 Å². The molecule has 0 spiro atoms. The third-order valence-corrected chi connectivity index (χ3v) is 5.31. The van der Waals surface area contributed by atoms with E-state index in [-0.39, 0.29) is 17.1 Å². The number of benzene rings is 1. The van der Waals surface area contributed by atoms with Gasteiger partial charge in [0, 0.05) is 11.6 Å². The SMILES string of the molecule is CC(C)(C)OC(=O)NCC(=Cc1ccc(C(=O)O)cc1Cl)B1OC(C)(C)C(C)(C)O1. The molecule has 1 aromatic carbocycles. The minimum atomic E-state index is -1.06. The molecule has 1 aliphatic rings. The highest BCUT2D eigenvalue weighted by atomic mass is 35.5. The van der Waals surface area contributed by atoms with Crippen molar-refractivity contribution >= 4 is 36.9 Å². The van der Waals surface area contributed by atoms with E-state index in [1.165, 1.54) is 12.1 Å². The molecule has 0 aromatic heterocycles. The number of alkyl carbamates (subject to hydrolysis) is 1. The van der Waals surface area contributed by atoms with E-state index in [1.54, 1.807) is 32.9 Å². The number of ether oxygens (including phenoxy) is 1. The molecule has 0 aliphatic carbocycles. The number of carbonyl (C=O) groups is 2. The van der Waals surface area contributed by atoms with Gasteiger partial charge in [-0.2, -0.15) is 0 Å². The molecule has 1 saturated heterocycles. The Hall–Kier alpha value is -2.03.